The first kappa shape index (κ1) is 9.21. The van der Waals surface area contributed by atoms with Gasteiger partial charge in [-0.15, -0.1) is 0 Å². The molecule has 0 bridgehead atoms. The van der Waals surface area contributed by atoms with Crippen molar-refractivity contribution >= 4 is 16.7 Å². The topological polar surface area (TPSA) is 41.8 Å². The molecule has 0 spiro atoms. The third-order valence-electron chi connectivity index (χ3n) is 2.72. The highest BCUT2D eigenvalue weighted by Crippen LogP contribution is 2.29. The molecule has 0 amide bonds. The Morgan fingerprint density at radius 1 is 1.12 bits per heavy atom. The fraction of sp³-hybridized carbons (Fsp3) is 0.154. The van der Waals surface area contributed by atoms with Gasteiger partial charge in [-0.3, -0.25) is 0 Å². The van der Waals surface area contributed by atoms with Crippen molar-refractivity contribution in [2.45, 2.75) is 0 Å². The van der Waals surface area contributed by atoms with Crippen molar-refractivity contribution < 1.29 is 9.84 Å². The molecule has 80 valence electrons. The summed E-state index contributed by atoms with van der Waals surface area (Å²) < 4.78 is 5.36. The van der Waals surface area contributed by atoms with Crippen LogP contribution >= 0.6 is 0 Å². The average Bonchev–Trinajstić information content (AvgIpc) is 2.83. The van der Waals surface area contributed by atoms with Crippen LogP contribution in [0.25, 0.3) is 10.8 Å². The van der Waals surface area contributed by atoms with Gasteiger partial charge in [-0.1, -0.05) is 30.3 Å². The maximum atomic E-state index is 10.1. The Morgan fingerprint density at radius 3 is 2.81 bits per heavy atom. The maximum absolute atomic E-state index is 10.1. The number of phenolic OH excluding ortho intramolecular Hbond substituents is 1. The molecular weight excluding hydrogens is 202 g/mol. The first-order valence-corrected chi connectivity index (χ1v) is 5.24. The van der Waals surface area contributed by atoms with E-state index in [1.54, 1.807) is 0 Å². The molecule has 2 aromatic carbocycles. The summed E-state index contributed by atoms with van der Waals surface area (Å²) in [5.41, 5.74) is 0.677. The van der Waals surface area contributed by atoms with Gasteiger partial charge in [0, 0.05) is 5.39 Å². The van der Waals surface area contributed by atoms with Gasteiger partial charge in [0.2, 0.25) is 5.90 Å². The first-order valence-electron chi connectivity index (χ1n) is 5.24. The molecule has 0 saturated carbocycles. The third-order valence-corrected chi connectivity index (χ3v) is 2.72. The van der Waals surface area contributed by atoms with Crippen LogP contribution in [0.1, 0.15) is 5.56 Å². The van der Waals surface area contributed by atoms with Crippen molar-refractivity contribution in [1.29, 1.82) is 0 Å². The van der Waals surface area contributed by atoms with Crippen LogP contribution in [-0.4, -0.2) is 24.2 Å². The first-order chi connectivity index (χ1) is 7.86. The Bertz CT molecular complexity index is 575. The fourth-order valence-electron chi connectivity index (χ4n) is 1.93. The monoisotopic (exact) mass is 213 g/mol. The Morgan fingerprint density at radius 2 is 2.00 bits per heavy atom. The van der Waals surface area contributed by atoms with Crippen LogP contribution in [0, 0.1) is 0 Å². The summed E-state index contributed by atoms with van der Waals surface area (Å²) in [6.07, 6.45) is 0. The molecule has 3 nitrogen and oxygen atoms in total. The molecule has 1 N–H and O–H groups in total. The molecule has 2 aromatic rings. The van der Waals surface area contributed by atoms with Gasteiger partial charge in [0.05, 0.1) is 12.1 Å². The molecule has 0 unspecified atom stereocenters. The molecule has 0 aromatic heterocycles. The van der Waals surface area contributed by atoms with Crippen LogP contribution in [0.5, 0.6) is 5.75 Å². The Balaban J connectivity index is 2.23. The summed E-state index contributed by atoms with van der Waals surface area (Å²) in [4.78, 5) is 4.21. The fourth-order valence-corrected chi connectivity index (χ4v) is 1.93. The number of hydrogen-bond donors (Lipinski definition) is 1. The second kappa shape index (κ2) is 3.52. The minimum atomic E-state index is 0.249. The lowest BCUT2D eigenvalue weighted by molar-refractivity contribution is 0.346. The van der Waals surface area contributed by atoms with Gasteiger partial charge in [-0.25, -0.2) is 4.99 Å². The predicted molar refractivity (Wildman–Crippen MR) is 63.0 cm³/mol. The lowest BCUT2D eigenvalue weighted by Gasteiger charge is -2.07. The van der Waals surface area contributed by atoms with E-state index in [2.05, 4.69) is 4.99 Å². The van der Waals surface area contributed by atoms with E-state index in [1.165, 1.54) is 0 Å². The number of phenols is 1. The predicted octanol–water partition coefficient (Wildman–Crippen LogP) is 2.32. The van der Waals surface area contributed by atoms with Gasteiger partial charge in [0.15, 0.2) is 0 Å². The van der Waals surface area contributed by atoms with Gasteiger partial charge in [0.25, 0.3) is 0 Å². The summed E-state index contributed by atoms with van der Waals surface area (Å²) >= 11 is 0. The number of hydrogen-bond acceptors (Lipinski definition) is 3. The molecule has 0 aliphatic carbocycles. The molecule has 0 saturated heterocycles. The lowest BCUT2D eigenvalue weighted by atomic mass is 10.1. The van der Waals surface area contributed by atoms with Crippen LogP contribution in [-0.2, 0) is 4.74 Å². The summed E-state index contributed by atoms with van der Waals surface area (Å²) in [5, 5.41) is 12.0. The molecule has 0 fully saturated rings. The summed E-state index contributed by atoms with van der Waals surface area (Å²) in [7, 11) is 0. The van der Waals surface area contributed by atoms with Crippen LogP contribution in [0.4, 0.5) is 0 Å². The Labute approximate surface area is 93.0 Å². The van der Waals surface area contributed by atoms with E-state index in [4.69, 9.17) is 4.74 Å². The van der Waals surface area contributed by atoms with Crippen molar-refractivity contribution in [3.8, 4) is 5.75 Å². The van der Waals surface area contributed by atoms with E-state index in [9.17, 15) is 5.11 Å². The number of aliphatic imine (C=N–C) groups is 1. The van der Waals surface area contributed by atoms with Gasteiger partial charge < -0.3 is 9.84 Å². The zero-order valence-corrected chi connectivity index (χ0v) is 8.68. The minimum absolute atomic E-state index is 0.249. The SMILES string of the molecule is Oc1c(C2=NCCO2)ccc2ccccc12. The molecule has 0 radical (unpaired) electrons. The Hall–Kier alpha value is -2.03. The molecule has 1 aliphatic rings. The smallest absolute Gasteiger partial charge is 0.220 e. The van der Waals surface area contributed by atoms with Crippen LogP contribution < -0.4 is 0 Å². The highest BCUT2D eigenvalue weighted by Gasteiger charge is 2.15. The second-order valence-corrected chi connectivity index (χ2v) is 3.72. The number of ether oxygens (including phenoxy) is 1. The van der Waals surface area contributed by atoms with Crippen LogP contribution in [0.2, 0.25) is 0 Å². The number of aromatic hydroxyl groups is 1. The Kier molecular flexibility index (Phi) is 2.03. The van der Waals surface area contributed by atoms with E-state index in [1.807, 2.05) is 36.4 Å². The number of rotatable bonds is 1. The molecular formula is C13H11NO2. The quantitative estimate of drug-likeness (QED) is 0.789. The zero-order chi connectivity index (χ0) is 11.0. The van der Waals surface area contributed by atoms with Crippen molar-refractivity contribution in [1.82, 2.24) is 0 Å². The minimum Gasteiger partial charge on any atom is -0.506 e. The van der Waals surface area contributed by atoms with Crippen molar-refractivity contribution in [3.05, 3.63) is 42.0 Å². The van der Waals surface area contributed by atoms with E-state index < -0.39 is 0 Å². The maximum Gasteiger partial charge on any atom is 0.220 e. The number of nitrogens with zero attached hydrogens (tertiary/aromatic N) is 1. The van der Waals surface area contributed by atoms with Crippen LogP contribution in [0.15, 0.2) is 41.4 Å². The van der Waals surface area contributed by atoms with Crippen LogP contribution in [0.3, 0.4) is 0 Å². The van der Waals surface area contributed by atoms with E-state index in [-0.39, 0.29) is 5.75 Å². The number of benzene rings is 2. The van der Waals surface area contributed by atoms with Crippen molar-refractivity contribution in [2.75, 3.05) is 13.2 Å². The molecule has 0 atom stereocenters. The summed E-state index contributed by atoms with van der Waals surface area (Å²) in [6.45, 7) is 1.27. The number of fused-ring (bicyclic) bond motifs is 1. The highest BCUT2D eigenvalue weighted by molar-refractivity contribution is 6.03. The van der Waals surface area contributed by atoms with Crippen molar-refractivity contribution in [2.24, 2.45) is 4.99 Å². The van der Waals surface area contributed by atoms with E-state index in [0.29, 0.717) is 24.6 Å². The largest absolute Gasteiger partial charge is 0.506 e. The standard InChI is InChI=1S/C13H11NO2/c15-12-10-4-2-1-3-9(10)5-6-11(12)13-14-7-8-16-13/h1-6,15H,7-8H2. The third kappa shape index (κ3) is 1.33. The summed E-state index contributed by atoms with van der Waals surface area (Å²) in [5.74, 6) is 0.794. The lowest BCUT2D eigenvalue weighted by Crippen LogP contribution is -2.01. The highest BCUT2D eigenvalue weighted by atomic mass is 16.5. The molecule has 3 rings (SSSR count). The van der Waals surface area contributed by atoms with E-state index in [0.717, 1.165) is 10.8 Å². The zero-order valence-electron chi connectivity index (χ0n) is 8.68. The summed E-state index contributed by atoms with van der Waals surface area (Å²) in [6, 6.07) is 11.5. The van der Waals surface area contributed by atoms with Crippen molar-refractivity contribution in [3.63, 3.8) is 0 Å². The van der Waals surface area contributed by atoms with Gasteiger partial charge >= 0.3 is 0 Å². The molecule has 16 heavy (non-hydrogen) atoms. The van der Waals surface area contributed by atoms with Gasteiger partial charge in [-0.2, -0.15) is 0 Å². The molecule has 1 heterocycles. The second-order valence-electron chi connectivity index (χ2n) is 3.72. The van der Waals surface area contributed by atoms with E-state index >= 15 is 0 Å². The normalized spacial score (nSPS) is 14.9. The van der Waals surface area contributed by atoms with Gasteiger partial charge in [-0.05, 0) is 11.5 Å². The molecule has 3 heteroatoms. The van der Waals surface area contributed by atoms with Gasteiger partial charge in [0.1, 0.15) is 12.4 Å². The molecule has 1 aliphatic heterocycles. The average molecular weight is 213 g/mol.